The van der Waals surface area contributed by atoms with Crippen LogP contribution in [-0.4, -0.2) is 31.1 Å². The normalized spacial score (nSPS) is 23.2. The molecule has 0 atom stereocenters. The Hall–Kier alpha value is -0.560. The van der Waals surface area contributed by atoms with Crippen molar-refractivity contribution in [1.29, 1.82) is 0 Å². The Morgan fingerprint density at radius 3 is 2.52 bits per heavy atom. The summed E-state index contributed by atoms with van der Waals surface area (Å²) in [5, 5.41) is 9.84. The van der Waals surface area contributed by atoms with Crippen molar-refractivity contribution in [2.24, 2.45) is 0 Å². The van der Waals surface area contributed by atoms with E-state index in [4.69, 9.17) is 0 Å². The zero-order valence-electron chi connectivity index (χ0n) is 12.5. The monoisotopic (exact) mass is 329 g/mol. The molecule has 0 saturated heterocycles. The molecule has 1 aliphatic rings. The van der Waals surface area contributed by atoms with Gasteiger partial charge in [-0.1, -0.05) is 12.1 Å². The molecule has 0 radical (unpaired) electrons. The van der Waals surface area contributed by atoms with Crippen LogP contribution in [0.5, 0.6) is 0 Å². The molecule has 1 aromatic rings. The van der Waals surface area contributed by atoms with E-state index in [0.29, 0.717) is 16.4 Å². The number of aryl methyl sites for hydroxylation is 1. The van der Waals surface area contributed by atoms with Crippen LogP contribution in [0.2, 0.25) is 0 Å². The minimum Gasteiger partial charge on any atom is -0.392 e. The van der Waals surface area contributed by atoms with Crippen molar-refractivity contribution in [1.82, 2.24) is 4.72 Å². The average molecular weight is 329 g/mol. The van der Waals surface area contributed by atoms with Gasteiger partial charge in [-0.3, -0.25) is 0 Å². The predicted octanol–water partition coefficient (Wildman–Crippen LogP) is 2.44. The average Bonchev–Trinajstić information content (AvgIpc) is 2.48. The van der Waals surface area contributed by atoms with Gasteiger partial charge in [-0.2, -0.15) is 11.8 Å². The first-order chi connectivity index (χ1) is 9.96. The van der Waals surface area contributed by atoms with E-state index in [1.54, 1.807) is 25.1 Å². The maximum Gasteiger partial charge on any atom is 0.241 e. The van der Waals surface area contributed by atoms with Gasteiger partial charge in [-0.15, -0.1) is 0 Å². The SMILES string of the molecule is CSC1CCC(NS(=O)(=O)c2cc(CO)ccc2C)CC1. The predicted molar refractivity (Wildman–Crippen MR) is 87.0 cm³/mol. The van der Waals surface area contributed by atoms with Gasteiger partial charge in [0.05, 0.1) is 11.5 Å². The van der Waals surface area contributed by atoms with Crippen molar-refractivity contribution in [2.45, 2.75) is 55.4 Å². The molecular weight excluding hydrogens is 306 g/mol. The zero-order chi connectivity index (χ0) is 15.5. The van der Waals surface area contributed by atoms with Gasteiger partial charge in [0.15, 0.2) is 0 Å². The van der Waals surface area contributed by atoms with Gasteiger partial charge in [-0.25, -0.2) is 13.1 Å². The van der Waals surface area contributed by atoms with E-state index in [9.17, 15) is 13.5 Å². The molecule has 1 aromatic carbocycles. The first-order valence-electron chi connectivity index (χ1n) is 7.22. The maximum atomic E-state index is 12.5. The van der Waals surface area contributed by atoms with Crippen LogP contribution in [0.15, 0.2) is 23.1 Å². The smallest absolute Gasteiger partial charge is 0.241 e. The fraction of sp³-hybridized carbons (Fsp3) is 0.600. The Kier molecular flexibility index (Phi) is 5.71. The van der Waals surface area contributed by atoms with Gasteiger partial charge >= 0.3 is 0 Å². The zero-order valence-corrected chi connectivity index (χ0v) is 14.1. The molecule has 1 fully saturated rings. The molecule has 0 unspecified atom stereocenters. The molecule has 2 N–H and O–H groups in total. The second-order valence-corrected chi connectivity index (χ2v) is 8.41. The summed E-state index contributed by atoms with van der Waals surface area (Å²) in [7, 11) is -3.52. The first-order valence-corrected chi connectivity index (χ1v) is 9.99. The fourth-order valence-corrected chi connectivity index (χ4v) is 5.08. The van der Waals surface area contributed by atoms with Crippen LogP contribution in [-0.2, 0) is 16.6 Å². The molecule has 4 nitrogen and oxygen atoms in total. The van der Waals surface area contributed by atoms with Crippen LogP contribution < -0.4 is 4.72 Å². The molecule has 0 bridgehead atoms. The highest BCUT2D eigenvalue weighted by atomic mass is 32.2. The van der Waals surface area contributed by atoms with Gasteiger partial charge in [0.25, 0.3) is 0 Å². The van der Waals surface area contributed by atoms with E-state index in [-0.39, 0.29) is 17.5 Å². The Bertz CT molecular complexity index is 579. The highest BCUT2D eigenvalue weighted by Crippen LogP contribution is 2.28. The lowest BCUT2D eigenvalue weighted by Crippen LogP contribution is -2.38. The molecule has 0 spiro atoms. The van der Waals surface area contributed by atoms with Crippen LogP contribution >= 0.6 is 11.8 Å². The molecular formula is C15H23NO3S2. The lowest BCUT2D eigenvalue weighted by atomic mass is 9.96. The minimum atomic E-state index is -3.52. The number of hydrogen-bond donors (Lipinski definition) is 2. The molecule has 0 aromatic heterocycles. The largest absolute Gasteiger partial charge is 0.392 e. The number of rotatable bonds is 5. The minimum absolute atomic E-state index is 0.0237. The van der Waals surface area contributed by atoms with Crippen molar-refractivity contribution in [3.05, 3.63) is 29.3 Å². The van der Waals surface area contributed by atoms with Crippen LogP contribution in [0.1, 0.15) is 36.8 Å². The summed E-state index contributed by atoms with van der Waals surface area (Å²) in [5.74, 6) is 0. The lowest BCUT2D eigenvalue weighted by Gasteiger charge is -2.28. The van der Waals surface area contributed by atoms with E-state index in [2.05, 4.69) is 11.0 Å². The molecule has 21 heavy (non-hydrogen) atoms. The van der Waals surface area contributed by atoms with Crippen molar-refractivity contribution in [3.63, 3.8) is 0 Å². The topological polar surface area (TPSA) is 66.4 Å². The highest BCUT2D eigenvalue weighted by molar-refractivity contribution is 7.99. The summed E-state index contributed by atoms with van der Waals surface area (Å²) < 4.78 is 27.9. The van der Waals surface area contributed by atoms with Gasteiger partial charge in [0.1, 0.15) is 0 Å². The maximum absolute atomic E-state index is 12.5. The second-order valence-electron chi connectivity index (χ2n) is 5.59. The fourth-order valence-electron chi connectivity index (χ4n) is 2.73. The van der Waals surface area contributed by atoms with Crippen molar-refractivity contribution in [2.75, 3.05) is 6.26 Å². The van der Waals surface area contributed by atoms with Crippen molar-refractivity contribution < 1.29 is 13.5 Å². The standard InChI is InChI=1S/C15H23NO3S2/c1-11-3-4-12(10-17)9-15(11)21(18,19)16-13-5-7-14(20-2)8-6-13/h3-4,9,13-14,16-17H,5-8,10H2,1-2H3. The molecule has 0 amide bonds. The third-order valence-electron chi connectivity index (χ3n) is 4.05. The number of aliphatic hydroxyl groups is 1. The third-order valence-corrected chi connectivity index (χ3v) is 6.85. The van der Waals surface area contributed by atoms with E-state index in [0.717, 1.165) is 25.7 Å². The Labute approximate surface area is 131 Å². The van der Waals surface area contributed by atoms with E-state index in [1.165, 1.54) is 0 Å². The summed E-state index contributed by atoms with van der Waals surface area (Å²) in [6, 6.07) is 5.07. The Balaban J connectivity index is 2.12. The number of sulfonamides is 1. The summed E-state index contributed by atoms with van der Waals surface area (Å²) in [6.07, 6.45) is 6.01. The highest BCUT2D eigenvalue weighted by Gasteiger charge is 2.26. The number of aliphatic hydroxyl groups excluding tert-OH is 1. The van der Waals surface area contributed by atoms with Crippen LogP contribution in [0, 0.1) is 6.92 Å². The Morgan fingerprint density at radius 1 is 1.29 bits per heavy atom. The molecule has 1 aliphatic carbocycles. The first kappa shape index (κ1) is 16.8. The summed E-state index contributed by atoms with van der Waals surface area (Å²) in [4.78, 5) is 0.279. The van der Waals surface area contributed by atoms with E-state index < -0.39 is 10.0 Å². The van der Waals surface area contributed by atoms with Gasteiger partial charge < -0.3 is 5.11 Å². The summed E-state index contributed by atoms with van der Waals surface area (Å²) in [6.45, 7) is 1.63. The number of benzene rings is 1. The molecule has 118 valence electrons. The molecule has 0 heterocycles. The van der Waals surface area contributed by atoms with Crippen LogP contribution in [0.25, 0.3) is 0 Å². The second kappa shape index (κ2) is 7.13. The molecule has 6 heteroatoms. The summed E-state index contributed by atoms with van der Waals surface area (Å²) >= 11 is 1.86. The Morgan fingerprint density at radius 2 is 1.95 bits per heavy atom. The van der Waals surface area contributed by atoms with E-state index >= 15 is 0 Å². The van der Waals surface area contributed by atoms with Gasteiger partial charge in [-0.05, 0) is 56.1 Å². The van der Waals surface area contributed by atoms with E-state index in [1.807, 2.05) is 11.8 Å². The van der Waals surface area contributed by atoms with Crippen LogP contribution in [0.3, 0.4) is 0 Å². The van der Waals surface area contributed by atoms with Crippen LogP contribution in [0.4, 0.5) is 0 Å². The molecule has 1 saturated carbocycles. The number of thioether (sulfide) groups is 1. The van der Waals surface area contributed by atoms with Crippen molar-refractivity contribution >= 4 is 21.8 Å². The molecule has 0 aliphatic heterocycles. The number of hydrogen-bond acceptors (Lipinski definition) is 4. The number of nitrogens with one attached hydrogen (secondary N) is 1. The van der Waals surface area contributed by atoms with Gasteiger partial charge in [0, 0.05) is 11.3 Å². The third kappa shape index (κ3) is 4.22. The quantitative estimate of drug-likeness (QED) is 0.871. The molecule has 2 rings (SSSR count). The lowest BCUT2D eigenvalue weighted by molar-refractivity contribution is 0.281. The summed E-state index contributed by atoms with van der Waals surface area (Å²) in [5.41, 5.74) is 1.32. The van der Waals surface area contributed by atoms with Gasteiger partial charge in [0.2, 0.25) is 10.0 Å². The van der Waals surface area contributed by atoms with Crippen molar-refractivity contribution in [3.8, 4) is 0 Å².